The largest absolute Gasteiger partial charge is 0.378 e. The smallest absolute Gasteiger partial charge is 0.275 e. The summed E-state index contributed by atoms with van der Waals surface area (Å²) in [6.07, 6.45) is 3.70. The van der Waals surface area contributed by atoms with Gasteiger partial charge in [0.05, 0.1) is 24.0 Å². The Kier molecular flexibility index (Phi) is 5.42. The minimum absolute atomic E-state index is 0.0871. The van der Waals surface area contributed by atoms with Crippen LogP contribution in [0.15, 0.2) is 30.5 Å². The first kappa shape index (κ1) is 16.9. The molecule has 1 saturated heterocycles. The van der Waals surface area contributed by atoms with E-state index < -0.39 is 0 Å². The van der Waals surface area contributed by atoms with E-state index in [2.05, 4.69) is 37.9 Å². The predicted molar refractivity (Wildman–Crippen MR) is 94.4 cm³/mol. The maximum absolute atomic E-state index is 12.7. The monoisotopic (exact) mass is 346 g/mol. The Bertz CT molecular complexity index is 652. The highest BCUT2D eigenvalue weighted by atomic mass is 32.1. The van der Waals surface area contributed by atoms with Crippen LogP contribution in [0.4, 0.5) is 5.69 Å². The van der Waals surface area contributed by atoms with E-state index >= 15 is 0 Å². The van der Waals surface area contributed by atoms with Gasteiger partial charge in [0.2, 0.25) is 0 Å². The van der Waals surface area contributed by atoms with Crippen LogP contribution < -0.4 is 4.90 Å². The number of nitrogens with zero attached hydrogens (tertiary/aromatic N) is 4. The van der Waals surface area contributed by atoms with Crippen molar-refractivity contribution in [2.75, 3.05) is 32.1 Å². The molecule has 3 rings (SSSR count). The van der Waals surface area contributed by atoms with E-state index in [1.165, 1.54) is 6.20 Å². The molecule has 0 radical (unpaired) electrons. The second-order valence-electron chi connectivity index (χ2n) is 6.17. The van der Waals surface area contributed by atoms with Crippen molar-refractivity contribution in [3.63, 3.8) is 0 Å². The quantitative estimate of drug-likeness (QED) is 0.804. The molecule has 128 valence electrons. The van der Waals surface area contributed by atoms with E-state index in [0.29, 0.717) is 18.8 Å². The lowest BCUT2D eigenvalue weighted by Gasteiger charge is -2.25. The molecule has 1 aliphatic heterocycles. The fourth-order valence-corrected chi connectivity index (χ4v) is 3.20. The van der Waals surface area contributed by atoms with E-state index in [0.717, 1.165) is 42.4 Å². The molecular weight excluding hydrogens is 324 g/mol. The van der Waals surface area contributed by atoms with Gasteiger partial charge in [-0.25, -0.2) is 0 Å². The first-order valence-electron chi connectivity index (χ1n) is 8.08. The molecule has 1 aromatic heterocycles. The van der Waals surface area contributed by atoms with Crippen LogP contribution in [0.1, 0.15) is 28.9 Å². The van der Waals surface area contributed by atoms with Gasteiger partial charge in [0, 0.05) is 39.5 Å². The zero-order valence-corrected chi connectivity index (χ0v) is 14.8. The molecule has 0 bridgehead atoms. The van der Waals surface area contributed by atoms with Gasteiger partial charge in [-0.3, -0.25) is 4.79 Å². The van der Waals surface area contributed by atoms with Crippen molar-refractivity contribution in [3.8, 4) is 0 Å². The summed E-state index contributed by atoms with van der Waals surface area (Å²) < 4.78 is 13.7. The average Bonchev–Trinajstić information content (AvgIpc) is 3.28. The van der Waals surface area contributed by atoms with E-state index in [1.807, 2.05) is 19.0 Å². The summed E-state index contributed by atoms with van der Waals surface area (Å²) in [6, 6.07) is 8.25. The van der Waals surface area contributed by atoms with Gasteiger partial charge in [0.15, 0.2) is 5.69 Å². The molecule has 1 aliphatic rings. The summed E-state index contributed by atoms with van der Waals surface area (Å²) in [6.45, 7) is 1.91. The minimum Gasteiger partial charge on any atom is -0.378 e. The summed E-state index contributed by atoms with van der Waals surface area (Å²) in [4.78, 5) is 16.6. The SMILES string of the molecule is CN(C)c1ccc(CN(C[C@@H]2CCCO2)C(=O)c2cnsn2)cc1. The molecule has 1 aromatic carbocycles. The van der Waals surface area contributed by atoms with E-state index in [9.17, 15) is 4.79 Å². The van der Waals surface area contributed by atoms with Gasteiger partial charge < -0.3 is 14.5 Å². The number of rotatable bonds is 6. The zero-order valence-electron chi connectivity index (χ0n) is 14.0. The van der Waals surface area contributed by atoms with Crippen LogP contribution in [-0.4, -0.2) is 52.9 Å². The normalized spacial score (nSPS) is 17.0. The summed E-state index contributed by atoms with van der Waals surface area (Å²) in [7, 11) is 4.02. The molecule has 24 heavy (non-hydrogen) atoms. The van der Waals surface area contributed by atoms with Crippen molar-refractivity contribution in [2.45, 2.75) is 25.5 Å². The highest BCUT2D eigenvalue weighted by Gasteiger charge is 2.25. The Balaban J connectivity index is 1.74. The third-order valence-corrected chi connectivity index (χ3v) is 4.62. The second-order valence-corrected chi connectivity index (χ2v) is 6.73. The van der Waals surface area contributed by atoms with E-state index in [1.54, 1.807) is 0 Å². The summed E-state index contributed by atoms with van der Waals surface area (Å²) in [5.41, 5.74) is 2.64. The third kappa shape index (κ3) is 4.10. The number of carbonyl (C=O) groups excluding carboxylic acids is 1. The van der Waals surface area contributed by atoms with Crippen molar-refractivity contribution in [1.29, 1.82) is 0 Å². The molecule has 2 aromatic rings. The first-order valence-corrected chi connectivity index (χ1v) is 8.81. The van der Waals surface area contributed by atoms with Gasteiger partial charge >= 0.3 is 0 Å². The van der Waals surface area contributed by atoms with Crippen molar-refractivity contribution in [1.82, 2.24) is 13.6 Å². The Labute approximate surface area is 146 Å². The summed E-state index contributed by atoms with van der Waals surface area (Å²) in [5, 5.41) is 0. The number of hydrogen-bond donors (Lipinski definition) is 0. The molecule has 0 unspecified atom stereocenters. The number of carbonyl (C=O) groups is 1. The average molecular weight is 346 g/mol. The number of benzene rings is 1. The van der Waals surface area contributed by atoms with Crippen LogP contribution in [0.2, 0.25) is 0 Å². The molecule has 7 heteroatoms. The lowest BCUT2D eigenvalue weighted by Crippen LogP contribution is -2.37. The Morgan fingerprint density at radius 3 is 2.71 bits per heavy atom. The molecule has 0 spiro atoms. The molecule has 6 nitrogen and oxygen atoms in total. The number of anilines is 1. The van der Waals surface area contributed by atoms with Crippen LogP contribution >= 0.6 is 11.7 Å². The molecule has 1 atom stereocenters. The lowest BCUT2D eigenvalue weighted by molar-refractivity contribution is 0.0503. The van der Waals surface area contributed by atoms with E-state index in [4.69, 9.17) is 4.74 Å². The topological polar surface area (TPSA) is 58.6 Å². The Morgan fingerprint density at radius 2 is 2.12 bits per heavy atom. The van der Waals surface area contributed by atoms with Crippen LogP contribution in [0.5, 0.6) is 0 Å². The molecule has 1 fully saturated rings. The van der Waals surface area contributed by atoms with Crippen LogP contribution in [0.3, 0.4) is 0 Å². The fraction of sp³-hybridized carbons (Fsp3) is 0.471. The molecule has 2 heterocycles. The van der Waals surface area contributed by atoms with Crippen LogP contribution in [0, 0.1) is 0 Å². The number of ether oxygens (including phenoxy) is 1. The predicted octanol–water partition coefficient (Wildman–Crippen LogP) is 2.43. The lowest BCUT2D eigenvalue weighted by atomic mass is 10.1. The van der Waals surface area contributed by atoms with Gasteiger partial charge in [-0.2, -0.15) is 8.75 Å². The zero-order chi connectivity index (χ0) is 16.9. The van der Waals surface area contributed by atoms with Gasteiger partial charge in [0.25, 0.3) is 5.91 Å². The molecule has 0 aliphatic carbocycles. The molecule has 0 saturated carbocycles. The van der Waals surface area contributed by atoms with Gasteiger partial charge in [-0.1, -0.05) is 12.1 Å². The van der Waals surface area contributed by atoms with Crippen molar-refractivity contribution in [2.24, 2.45) is 0 Å². The number of amides is 1. The molecule has 1 amide bonds. The molecule has 0 N–H and O–H groups in total. The maximum atomic E-state index is 12.7. The third-order valence-electron chi connectivity index (χ3n) is 4.14. The number of hydrogen-bond acceptors (Lipinski definition) is 6. The van der Waals surface area contributed by atoms with Crippen LogP contribution in [-0.2, 0) is 11.3 Å². The van der Waals surface area contributed by atoms with Crippen LogP contribution in [0.25, 0.3) is 0 Å². The summed E-state index contributed by atoms with van der Waals surface area (Å²) >= 11 is 1.06. The highest BCUT2D eigenvalue weighted by Crippen LogP contribution is 2.18. The minimum atomic E-state index is -0.0871. The number of aromatic nitrogens is 2. The summed E-state index contributed by atoms with van der Waals surface area (Å²) in [5.74, 6) is -0.0871. The Morgan fingerprint density at radius 1 is 1.33 bits per heavy atom. The van der Waals surface area contributed by atoms with Crippen molar-refractivity contribution in [3.05, 3.63) is 41.7 Å². The molecular formula is C17H22N4O2S. The first-order chi connectivity index (χ1) is 11.6. The van der Waals surface area contributed by atoms with Crippen molar-refractivity contribution < 1.29 is 9.53 Å². The van der Waals surface area contributed by atoms with Crippen molar-refractivity contribution >= 4 is 23.3 Å². The highest BCUT2D eigenvalue weighted by molar-refractivity contribution is 6.99. The fourth-order valence-electron chi connectivity index (χ4n) is 2.79. The second kappa shape index (κ2) is 7.72. The van der Waals surface area contributed by atoms with Gasteiger partial charge in [-0.05, 0) is 30.5 Å². The standard InChI is InChI=1S/C17H22N4O2S/c1-20(2)14-7-5-13(6-8-14)11-21(12-15-4-3-9-23-15)17(22)16-10-18-24-19-16/h5-8,10,15H,3-4,9,11-12H2,1-2H3/t15-/m0/s1. The maximum Gasteiger partial charge on any atom is 0.275 e. The van der Waals surface area contributed by atoms with Gasteiger partial charge in [0.1, 0.15) is 0 Å². The Hall–Kier alpha value is -1.99. The van der Waals surface area contributed by atoms with E-state index in [-0.39, 0.29) is 12.0 Å². The van der Waals surface area contributed by atoms with Gasteiger partial charge in [-0.15, -0.1) is 0 Å².